The summed E-state index contributed by atoms with van der Waals surface area (Å²) in [6.07, 6.45) is 3.83. The molecule has 0 radical (unpaired) electrons. The summed E-state index contributed by atoms with van der Waals surface area (Å²) in [5, 5.41) is 0. The van der Waals surface area contributed by atoms with Gasteiger partial charge >= 0.3 is 0 Å². The molecule has 0 atom stereocenters. The van der Waals surface area contributed by atoms with Crippen LogP contribution in [0, 0.1) is 0 Å². The van der Waals surface area contributed by atoms with Crippen LogP contribution in [0.5, 0.6) is 0 Å². The second kappa shape index (κ2) is 3.59. The van der Waals surface area contributed by atoms with Gasteiger partial charge in [0.05, 0.1) is 0 Å². The van der Waals surface area contributed by atoms with E-state index in [1.165, 1.54) is 0 Å². The van der Waals surface area contributed by atoms with E-state index in [4.69, 9.17) is 0 Å². The van der Waals surface area contributed by atoms with Gasteiger partial charge in [-0.3, -0.25) is 9.69 Å². The number of hydrogen-bond acceptors (Lipinski definition) is 2. The topological polar surface area (TPSA) is 32.7 Å². The number of hydrogen-bond donors (Lipinski definition) is 0. The van der Waals surface area contributed by atoms with Crippen molar-refractivity contribution in [2.45, 2.75) is 12.8 Å². The normalized spacial score (nSPS) is 21.5. The maximum atomic E-state index is 11.9. The van der Waals surface area contributed by atoms with Gasteiger partial charge in [0.2, 0.25) is 0 Å². The molecule has 0 spiro atoms. The van der Waals surface area contributed by atoms with Gasteiger partial charge in [-0.2, -0.15) is 0 Å². The van der Waals surface area contributed by atoms with E-state index in [1.807, 2.05) is 36.4 Å². The third-order valence-electron chi connectivity index (χ3n) is 2.91. The summed E-state index contributed by atoms with van der Waals surface area (Å²) in [5.41, 5.74) is 1.59. The molecule has 0 unspecified atom stereocenters. The van der Waals surface area contributed by atoms with Gasteiger partial charge in [0.1, 0.15) is 11.5 Å². The van der Waals surface area contributed by atoms with Crippen molar-refractivity contribution in [3.8, 4) is 0 Å². The smallest absolute Gasteiger partial charge is 0.277 e. The van der Waals surface area contributed by atoms with Gasteiger partial charge in [-0.25, -0.2) is 4.99 Å². The molecule has 16 heavy (non-hydrogen) atoms. The summed E-state index contributed by atoms with van der Waals surface area (Å²) in [6.45, 7) is 0.823. The Balaban J connectivity index is 1.95. The van der Waals surface area contributed by atoms with Crippen LogP contribution >= 0.6 is 0 Å². The average Bonchev–Trinajstić information content (AvgIpc) is 2.86. The Bertz CT molecular complexity index is 488. The van der Waals surface area contributed by atoms with E-state index in [0.29, 0.717) is 5.70 Å². The molecule has 3 nitrogen and oxygen atoms in total. The number of aliphatic imine (C=N–C) groups is 1. The highest BCUT2D eigenvalue weighted by Crippen LogP contribution is 2.24. The number of rotatable bonds is 1. The van der Waals surface area contributed by atoms with Gasteiger partial charge in [-0.05, 0) is 18.1 Å². The Labute approximate surface area is 94.1 Å². The zero-order chi connectivity index (χ0) is 11.0. The lowest BCUT2D eigenvalue weighted by Gasteiger charge is -2.07. The maximum Gasteiger partial charge on any atom is 0.277 e. The minimum absolute atomic E-state index is 0.0522. The van der Waals surface area contributed by atoms with Crippen LogP contribution in [-0.4, -0.2) is 23.2 Å². The largest absolute Gasteiger partial charge is 0.295 e. The molecule has 80 valence electrons. The highest BCUT2D eigenvalue weighted by atomic mass is 16.2. The van der Waals surface area contributed by atoms with Crippen LogP contribution in [-0.2, 0) is 4.79 Å². The van der Waals surface area contributed by atoms with Gasteiger partial charge in [-0.1, -0.05) is 30.3 Å². The molecule has 0 N–H and O–H groups in total. The van der Waals surface area contributed by atoms with E-state index < -0.39 is 0 Å². The monoisotopic (exact) mass is 212 g/mol. The Morgan fingerprint density at radius 2 is 2.06 bits per heavy atom. The number of benzene rings is 1. The van der Waals surface area contributed by atoms with E-state index in [2.05, 4.69) is 4.99 Å². The lowest BCUT2D eigenvalue weighted by molar-refractivity contribution is -0.122. The number of carbonyl (C=O) groups excluding carboxylic acids is 1. The SMILES string of the molecule is O=C1/C(=C/c2ccccc2)N=C2CCCN12. The second-order valence-electron chi connectivity index (χ2n) is 4.03. The van der Waals surface area contributed by atoms with Crippen molar-refractivity contribution in [3.63, 3.8) is 0 Å². The summed E-state index contributed by atoms with van der Waals surface area (Å²) >= 11 is 0. The van der Waals surface area contributed by atoms with Crippen molar-refractivity contribution in [1.29, 1.82) is 0 Å². The molecule has 0 aromatic heterocycles. The van der Waals surface area contributed by atoms with E-state index in [0.717, 1.165) is 30.8 Å². The molecule has 0 saturated carbocycles. The molecular formula is C13H12N2O. The van der Waals surface area contributed by atoms with Crippen LogP contribution < -0.4 is 0 Å². The number of fused-ring (bicyclic) bond motifs is 1. The number of amides is 1. The fourth-order valence-electron chi connectivity index (χ4n) is 2.12. The van der Waals surface area contributed by atoms with Gasteiger partial charge in [-0.15, -0.1) is 0 Å². The van der Waals surface area contributed by atoms with Crippen molar-refractivity contribution in [3.05, 3.63) is 41.6 Å². The van der Waals surface area contributed by atoms with E-state index in [9.17, 15) is 4.79 Å². The maximum absolute atomic E-state index is 11.9. The summed E-state index contributed by atoms with van der Waals surface area (Å²) < 4.78 is 0. The van der Waals surface area contributed by atoms with Crippen LogP contribution in [0.1, 0.15) is 18.4 Å². The summed E-state index contributed by atoms with van der Waals surface area (Å²) in [7, 11) is 0. The van der Waals surface area contributed by atoms with E-state index >= 15 is 0 Å². The minimum Gasteiger partial charge on any atom is -0.295 e. The van der Waals surface area contributed by atoms with Crippen LogP contribution in [0.25, 0.3) is 6.08 Å². The Morgan fingerprint density at radius 3 is 2.81 bits per heavy atom. The molecule has 1 fully saturated rings. The van der Waals surface area contributed by atoms with Gasteiger partial charge in [0.15, 0.2) is 0 Å². The third kappa shape index (κ3) is 1.45. The molecule has 2 heterocycles. The summed E-state index contributed by atoms with van der Waals surface area (Å²) in [6, 6.07) is 9.83. The van der Waals surface area contributed by atoms with Crippen LogP contribution in [0.4, 0.5) is 0 Å². The molecule has 1 aromatic carbocycles. The van der Waals surface area contributed by atoms with E-state index in [-0.39, 0.29) is 5.91 Å². The molecule has 1 saturated heterocycles. The predicted octanol–water partition coefficient (Wildman–Crippen LogP) is 2.06. The first-order valence-electron chi connectivity index (χ1n) is 5.51. The molecule has 0 aliphatic carbocycles. The first-order valence-corrected chi connectivity index (χ1v) is 5.51. The molecule has 3 heteroatoms. The van der Waals surface area contributed by atoms with Crippen LogP contribution in [0.3, 0.4) is 0 Å². The van der Waals surface area contributed by atoms with Gasteiger partial charge < -0.3 is 0 Å². The molecule has 2 aliphatic rings. The lowest BCUT2D eigenvalue weighted by Crippen LogP contribution is -2.26. The number of amidine groups is 1. The fourth-order valence-corrected chi connectivity index (χ4v) is 2.12. The first-order chi connectivity index (χ1) is 7.84. The molecule has 1 aromatic rings. The highest BCUT2D eigenvalue weighted by molar-refractivity contribution is 6.15. The van der Waals surface area contributed by atoms with Crippen molar-refractivity contribution < 1.29 is 4.79 Å². The zero-order valence-electron chi connectivity index (χ0n) is 8.89. The molecule has 1 amide bonds. The number of nitrogens with zero attached hydrogens (tertiary/aromatic N) is 2. The number of carbonyl (C=O) groups is 1. The minimum atomic E-state index is 0.0522. The van der Waals surface area contributed by atoms with Crippen molar-refractivity contribution in [1.82, 2.24) is 4.90 Å². The van der Waals surface area contributed by atoms with Crippen molar-refractivity contribution in [2.75, 3.05) is 6.54 Å². The average molecular weight is 212 g/mol. The molecular weight excluding hydrogens is 200 g/mol. The standard InChI is InChI=1S/C13H12N2O/c16-13-11(9-10-5-2-1-3-6-10)14-12-7-4-8-15(12)13/h1-3,5-6,9H,4,7-8H2/b11-9-. The van der Waals surface area contributed by atoms with Crippen LogP contribution in [0.2, 0.25) is 0 Å². The molecule has 3 rings (SSSR count). The molecule has 2 aliphatic heterocycles. The van der Waals surface area contributed by atoms with E-state index in [1.54, 1.807) is 4.90 Å². The molecule has 0 bridgehead atoms. The Morgan fingerprint density at radius 1 is 1.25 bits per heavy atom. The quantitative estimate of drug-likeness (QED) is 0.656. The second-order valence-corrected chi connectivity index (χ2v) is 4.03. The lowest BCUT2D eigenvalue weighted by atomic mass is 10.2. The van der Waals surface area contributed by atoms with Gasteiger partial charge in [0, 0.05) is 13.0 Å². The Hall–Kier alpha value is -1.90. The predicted molar refractivity (Wildman–Crippen MR) is 62.8 cm³/mol. The van der Waals surface area contributed by atoms with Crippen molar-refractivity contribution >= 4 is 17.8 Å². The fraction of sp³-hybridized carbons (Fsp3) is 0.231. The highest BCUT2D eigenvalue weighted by Gasteiger charge is 2.32. The van der Waals surface area contributed by atoms with Crippen LogP contribution in [0.15, 0.2) is 41.0 Å². The van der Waals surface area contributed by atoms with Gasteiger partial charge in [0.25, 0.3) is 5.91 Å². The first kappa shape index (κ1) is 9.33. The Kier molecular flexibility index (Phi) is 2.10. The summed E-state index contributed by atoms with van der Waals surface area (Å²) in [5.74, 6) is 0.989. The third-order valence-corrected chi connectivity index (χ3v) is 2.91. The summed E-state index contributed by atoms with van der Waals surface area (Å²) in [4.78, 5) is 18.1. The van der Waals surface area contributed by atoms with Crippen molar-refractivity contribution in [2.24, 2.45) is 4.99 Å². The zero-order valence-corrected chi connectivity index (χ0v) is 8.89.